The maximum Gasteiger partial charge on any atom is 0.418 e. The molecule has 274 valence electrons. The largest absolute Gasteiger partial charge is 0.447 e. The Labute approximate surface area is 303 Å². The average molecular weight is 711 g/mol. The number of likely N-dealkylation sites (tertiary alicyclic amines) is 2. The first-order valence-electron chi connectivity index (χ1n) is 18.1. The van der Waals surface area contributed by atoms with Crippen molar-refractivity contribution in [1.29, 1.82) is 0 Å². The summed E-state index contributed by atoms with van der Waals surface area (Å²) in [6, 6.07) is 19.0. The Balaban J connectivity index is 0.989. The van der Waals surface area contributed by atoms with Gasteiger partial charge in [0.05, 0.1) is 13.1 Å². The van der Waals surface area contributed by atoms with E-state index in [1.165, 1.54) is 38.5 Å². The fourth-order valence-electron chi connectivity index (χ4n) is 6.48. The van der Waals surface area contributed by atoms with Crippen molar-refractivity contribution in [2.45, 2.75) is 51.6 Å². The summed E-state index contributed by atoms with van der Waals surface area (Å²) < 4.78 is 13.4. The normalized spacial score (nSPS) is 15.2. The highest BCUT2D eigenvalue weighted by atomic mass is 16.6. The van der Waals surface area contributed by atoms with Crippen LogP contribution in [0, 0.1) is 0 Å². The third-order valence-electron chi connectivity index (χ3n) is 9.23. The first-order chi connectivity index (χ1) is 25.4. The van der Waals surface area contributed by atoms with Crippen LogP contribution >= 0.6 is 0 Å². The molecule has 2 aliphatic heterocycles. The van der Waals surface area contributed by atoms with E-state index < -0.39 is 37.0 Å². The zero-order valence-electron chi connectivity index (χ0n) is 29.4. The number of hydrogen-bond donors (Lipinski definition) is 2. The number of piperidine rings is 2. The van der Waals surface area contributed by atoms with Crippen LogP contribution in [-0.2, 0) is 41.7 Å². The van der Waals surface area contributed by atoms with Crippen LogP contribution in [0.3, 0.4) is 0 Å². The van der Waals surface area contributed by atoms with Crippen LogP contribution in [0.1, 0.15) is 38.5 Å². The molecule has 0 aliphatic carbocycles. The van der Waals surface area contributed by atoms with Crippen molar-refractivity contribution in [3.8, 4) is 22.3 Å². The molecule has 14 nitrogen and oxygen atoms in total. The van der Waals surface area contributed by atoms with Gasteiger partial charge in [0.2, 0.25) is 0 Å². The van der Waals surface area contributed by atoms with Gasteiger partial charge in [0.1, 0.15) is 0 Å². The molecular formula is C38H46N8O6. The summed E-state index contributed by atoms with van der Waals surface area (Å²) >= 11 is 0. The van der Waals surface area contributed by atoms with E-state index in [0.29, 0.717) is 35.9 Å². The van der Waals surface area contributed by atoms with Crippen molar-refractivity contribution >= 4 is 35.4 Å². The Morgan fingerprint density at radius 3 is 1.31 bits per heavy atom. The standard InChI is InChI=1S/C38H46N8O6/c47-33(39-35-31(29-13-5-1-6-14-29)25-45(41-35)23-21-43-17-9-3-10-18-43)27-51-37(49)38(50)52-28-34(48)40-36-32(30-15-7-2-8-16-30)26-46(42-36)24-22-44-19-11-4-12-20-44/h1-2,5-8,13-16,25-26H,3-4,9-12,17-24,27-28H2,(H,39,41,47)(H,40,42,48). The molecule has 52 heavy (non-hydrogen) atoms. The van der Waals surface area contributed by atoms with Crippen molar-refractivity contribution in [2.24, 2.45) is 0 Å². The molecule has 2 fully saturated rings. The lowest BCUT2D eigenvalue weighted by atomic mass is 10.1. The third-order valence-corrected chi connectivity index (χ3v) is 9.23. The molecule has 6 rings (SSSR count). The van der Waals surface area contributed by atoms with Crippen LogP contribution in [0.25, 0.3) is 22.3 Å². The summed E-state index contributed by atoms with van der Waals surface area (Å²) in [7, 11) is 0. The number of nitrogens with zero attached hydrogens (tertiary/aromatic N) is 6. The zero-order chi connectivity index (χ0) is 36.1. The predicted octanol–water partition coefficient (Wildman–Crippen LogP) is 4.05. The van der Waals surface area contributed by atoms with E-state index in [1.807, 2.05) is 73.1 Å². The molecule has 0 radical (unpaired) electrons. The van der Waals surface area contributed by atoms with Crippen LogP contribution in [0.4, 0.5) is 11.6 Å². The molecule has 14 heteroatoms. The Bertz CT molecular complexity index is 1660. The molecule has 0 atom stereocenters. The molecular weight excluding hydrogens is 664 g/mol. The third kappa shape index (κ3) is 10.4. The van der Waals surface area contributed by atoms with Gasteiger partial charge in [0, 0.05) is 36.6 Å². The van der Waals surface area contributed by atoms with E-state index >= 15 is 0 Å². The number of nitrogens with one attached hydrogen (secondary N) is 2. The van der Waals surface area contributed by atoms with Gasteiger partial charge in [-0.1, -0.05) is 73.5 Å². The van der Waals surface area contributed by atoms with Gasteiger partial charge in [-0.15, -0.1) is 0 Å². The predicted molar refractivity (Wildman–Crippen MR) is 195 cm³/mol. The van der Waals surface area contributed by atoms with E-state index in [2.05, 4.69) is 30.6 Å². The summed E-state index contributed by atoms with van der Waals surface area (Å²) in [5.74, 6) is -3.53. The minimum Gasteiger partial charge on any atom is -0.447 e. The number of aromatic nitrogens is 4. The number of benzene rings is 2. The summed E-state index contributed by atoms with van der Waals surface area (Å²) in [5, 5.41) is 14.6. The molecule has 2 aromatic carbocycles. The molecule has 0 saturated carbocycles. The molecule has 0 unspecified atom stereocenters. The molecule has 2 aliphatic rings. The van der Waals surface area contributed by atoms with Crippen molar-refractivity contribution in [1.82, 2.24) is 29.4 Å². The number of ether oxygens (including phenoxy) is 2. The lowest BCUT2D eigenvalue weighted by Gasteiger charge is -2.26. The van der Waals surface area contributed by atoms with E-state index in [9.17, 15) is 19.2 Å². The molecule has 4 heterocycles. The van der Waals surface area contributed by atoms with Gasteiger partial charge in [0.25, 0.3) is 11.8 Å². The quantitative estimate of drug-likeness (QED) is 0.145. The van der Waals surface area contributed by atoms with E-state index in [0.717, 1.165) is 50.4 Å². The zero-order valence-corrected chi connectivity index (χ0v) is 29.4. The highest BCUT2D eigenvalue weighted by molar-refractivity contribution is 6.30. The van der Waals surface area contributed by atoms with Crippen molar-refractivity contribution in [3.63, 3.8) is 0 Å². The van der Waals surface area contributed by atoms with Crippen molar-refractivity contribution in [3.05, 3.63) is 73.1 Å². The molecule has 0 bridgehead atoms. The smallest absolute Gasteiger partial charge is 0.418 e. The number of amides is 2. The Morgan fingerprint density at radius 1 is 0.538 bits per heavy atom. The number of carbonyl (C=O) groups is 4. The maximum absolute atomic E-state index is 12.8. The molecule has 2 aromatic heterocycles. The molecule has 2 amide bonds. The summed E-state index contributed by atoms with van der Waals surface area (Å²) in [6.07, 6.45) is 11.0. The fraction of sp³-hybridized carbons (Fsp3) is 0.421. The fourth-order valence-corrected chi connectivity index (χ4v) is 6.48. The van der Waals surface area contributed by atoms with E-state index in [4.69, 9.17) is 9.47 Å². The topological polar surface area (TPSA) is 153 Å². The Kier molecular flexibility index (Phi) is 12.8. The van der Waals surface area contributed by atoms with Crippen LogP contribution in [0.2, 0.25) is 0 Å². The number of carbonyl (C=O) groups excluding carboxylic acids is 4. The monoisotopic (exact) mass is 710 g/mol. The van der Waals surface area contributed by atoms with Gasteiger partial charge in [-0.3, -0.25) is 19.0 Å². The second-order valence-corrected chi connectivity index (χ2v) is 13.1. The molecule has 4 aromatic rings. The van der Waals surface area contributed by atoms with Crippen molar-refractivity contribution < 1.29 is 28.7 Å². The number of hydrogen-bond acceptors (Lipinski definition) is 10. The minimum absolute atomic E-state index is 0.314. The average Bonchev–Trinajstić information content (AvgIpc) is 3.79. The van der Waals surface area contributed by atoms with Gasteiger partial charge < -0.3 is 29.9 Å². The van der Waals surface area contributed by atoms with Crippen LogP contribution in [0.5, 0.6) is 0 Å². The summed E-state index contributed by atoms with van der Waals surface area (Å²) in [5.41, 5.74) is 3.15. The van der Waals surface area contributed by atoms with E-state index in [1.54, 1.807) is 9.36 Å². The van der Waals surface area contributed by atoms with Gasteiger partial charge in [-0.2, -0.15) is 10.2 Å². The number of rotatable bonds is 14. The Morgan fingerprint density at radius 2 is 0.923 bits per heavy atom. The molecule has 0 spiro atoms. The number of anilines is 2. The minimum atomic E-state index is -1.40. The highest BCUT2D eigenvalue weighted by Crippen LogP contribution is 2.28. The van der Waals surface area contributed by atoms with E-state index in [-0.39, 0.29) is 0 Å². The Hall–Kier alpha value is -5.34. The second kappa shape index (κ2) is 18.2. The van der Waals surface area contributed by atoms with Crippen LogP contribution in [0.15, 0.2) is 73.1 Å². The second-order valence-electron chi connectivity index (χ2n) is 13.1. The highest BCUT2D eigenvalue weighted by Gasteiger charge is 2.23. The van der Waals surface area contributed by atoms with Gasteiger partial charge in [-0.05, 0) is 63.0 Å². The summed E-state index contributed by atoms with van der Waals surface area (Å²) in [6.45, 7) is 5.76. The van der Waals surface area contributed by atoms with Crippen LogP contribution in [-0.4, -0.2) is 106 Å². The maximum atomic E-state index is 12.8. The van der Waals surface area contributed by atoms with Crippen LogP contribution < -0.4 is 10.6 Å². The lowest BCUT2D eigenvalue weighted by Crippen LogP contribution is -2.32. The van der Waals surface area contributed by atoms with Gasteiger partial charge in [0.15, 0.2) is 24.8 Å². The van der Waals surface area contributed by atoms with Crippen molar-refractivity contribution in [2.75, 3.05) is 63.1 Å². The SMILES string of the molecule is O=C(COC(=O)C(=O)OCC(=O)Nc1nn(CCN2CCCCC2)cc1-c1ccccc1)Nc1nn(CCN2CCCCC2)cc1-c1ccccc1. The molecule has 2 N–H and O–H groups in total. The first-order valence-corrected chi connectivity index (χ1v) is 18.1. The number of esters is 2. The first kappa shape index (κ1) is 36.5. The molecule has 2 saturated heterocycles. The van der Waals surface area contributed by atoms with Gasteiger partial charge in [-0.25, -0.2) is 9.59 Å². The van der Waals surface area contributed by atoms with Gasteiger partial charge >= 0.3 is 11.9 Å². The summed E-state index contributed by atoms with van der Waals surface area (Å²) in [4.78, 5) is 55.2. The lowest BCUT2D eigenvalue weighted by molar-refractivity contribution is -0.168.